The van der Waals surface area contributed by atoms with E-state index < -0.39 is 11.6 Å². The molecule has 2 aromatic carbocycles. The molecule has 1 nitrogen and oxygen atoms in total. The average Bonchev–Trinajstić information content (AvgIpc) is 2.42. The molecule has 0 aromatic heterocycles. The van der Waals surface area contributed by atoms with Crippen LogP contribution >= 0.6 is 11.6 Å². The highest BCUT2D eigenvalue weighted by molar-refractivity contribution is 6.33. The van der Waals surface area contributed by atoms with E-state index in [0.717, 1.165) is 12.1 Å². The quantitative estimate of drug-likeness (QED) is 0.772. The van der Waals surface area contributed by atoms with Gasteiger partial charge in [0.05, 0.1) is 10.7 Å². The second-order valence-corrected chi connectivity index (χ2v) is 5.79. The van der Waals surface area contributed by atoms with Crippen LogP contribution in [-0.2, 0) is 0 Å². The summed E-state index contributed by atoms with van der Waals surface area (Å²) in [4.78, 5) is 0. The van der Waals surface area contributed by atoms with Gasteiger partial charge in [0, 0.05) is 18.5 Å². The van der Waals surface area contributed by atoms with Gasteiger partial charge in [-0.2, -0.15) is 0 Å². The maximum atomic E-state index is 13.8. The molecule has 1 unspecified atom stereocenters. The van der Waals surface area contributed by atoms with Gasteiger partial charge in [-0.25, -0.2) is 8.78 Å². The van der Waals surface area contributed by atoms with Crippen LogP contribution in [0.1, 0.15) is 25.3 Å². The molecule has 0 saturated heterocycles. The zero-order chi connectivity index (χ0) is 15.4. The Morgan fingerprint density at radius 1 is 1.10 bits per heavy atom. The maximum absolute atomic E-state index is 13.8. The Kier molecular flexibility index (Phi) is 5.18. The van der Waals surface area contributed by atoms with E-state index in [0.29, 0.717) is 12.5 Å². The molecule has 0 amide bonds. The van der Waals surface area contributed by atoms with Crippen LogP contribution in [0.4, 0.5) is 14.5 Å². The summed E-state index contributed by atoms with van der Waals surface area (Å²) in [5, 5.41) is 3.07. The Labute approximate surface area is 128 Å². The zero-order valence-electron chi connectivity index (χ0n) is 12.0. The summed E-state index contributed by atoms with van der Waals surface area (Å²) in [5.74, 6) is -0.754. The molecule has 0 fully saturated rings. The first-order chi connectivity index (χ1) is 9.99. The third-order valence-electron chi connectivity index (χ3n) is 3.54. The molecule has 2 rings (SSSR count). The average molecular weight is 310 g/mol. The van der Waals surface area contributed by atoms with Crippen molar-refractivity contribution in [2.24, 2.45) is 5.92 Å². The van der Waals surface area contributed by atoms with E-state index in [1.807, 2.05) is 18.2 Å². The molecule has 0 saturated carbocycles. The van der Waals surface area contributed by atoms with Gasteiger partial charge >= 0.3 is 0 Å². The van der Waals surface area contributed by atoms with E-state index in [4.69, 9.17) is 11.6 Å². The second kappa shape index (κ2) is 6.90. The fraction of sp³-hybridized carbons (Fsp3) is 0.294. The number of nitrogens with one attached hydrogen (secondary N) is 1. The number of hydrogen-bond acceptors (Lipinski definition) is 1. The van der Waals surface area contributed by atoms with Gasteiger partial charge in [0.1, 0.15) is 5.82 Å². The smallest absolute Gasteiger partial charge is 0.150 e. The summed E-state index contributed by atoms with van der Waals surface area (Å²) in [7, 11) is 0. The number of rotatable bonds is 5. The number of anilines is 1. The van der Waals surface area contributed by atoms with Crippen LogP contribution in [0.5, 0.6) is 0 Å². The topological polar surface area (TPSA) is 12.0 Å². The molecule has 1 N–H and O–H groups in total. The van der Waals surface area contributed by atoms with Crippen molar-refractivity contribution in [3.63, 3.8) is 0 Å². The number of hydrogen-bond donors (Lipinski definition) is 1. The summed E-state index contributed by atoms with van der Waals surface area (Å²) < 4.78 is 26.8. The molecule has 0 aliphatic carbocycles. The Hall–Kier alpha value is -1.61. The normalized spacial score (nSPS) is 12.5. The summed E-state index contributed by atoms with van der Waals surface area (Å²) in [6.07, 6.45) is 0. The number of benzene rings is 2. The van der Waals surface area contributed by atoms with Gasteiger partial charge in [0.15, 0.2) is 5.82 Å². The largest absolute Gasteiger partial charge is 0.381 e. The minimum Gasteiger partial charge on any atom is -0.381 e. The molecule has 0 bridgehead atoms. The van der Waals surface area contributed by atoms with Crippen molar-refractivity contribution >= 4 is 17.3 Å². The van der Waals surface area contributed by atoms with E-state index in [-0.39, 0.29) is 16.6 Å². The lowest BCUT2D eigenvalue weighted by atomic mass is 9.88. The van der Waals surface area contributed by atoms with Crippen LogP contribution in [0.15, 0.2) is 42.5 Å². The lowest BCUT2D eigenvalue weighted by molar-refractivity contribution is 0.515. The first kappa shape index (κ1) is 15.8. The van der Waals surface area contributed by atoms with E-state index >= 15 is 0 Å². The zero-order valence-corrected chi connectivity index (χ0v) is 12.8. The highest BCUT2D eigenvalue weighted by Crippen LogP contribution is 2.29. The van der Waals surface area contributed by atoms with Crippen molar-refractivity contribution in [3.8, 4) is 0 Å². The molecule has 0 spiro atoms. The Balaban J connectivity index is 2.17. The Morgan fingerprint density at radius 3 is 2.33 bits per heavy atom. The molecule has 0 aliphatic rings. The molecule has 112 valence electrons. The minimum atomic E-state index is -0.675. The van der Waals surface area contributed by atoms with E-state index in [1.54, 1.807) is 0 Å². The summed E-state index contributed by atoms with van der Waals surface area (Å²) in [5.41, 5.74) is 1.33. The third-order valence-corrected chi connectivity index (χ3v) is 3.84. The minimum absolute atomic E-state index is 0.0584. The molecule has 4 heteroatoms. The van der Waals surface area contributed by atoms with Crippen LogP contribution in [-0.4, -0.2) is 6.54 Å². The van der Waals surface area contributed by atoms with Gasteiger partial charge in [-0.3, -0.25) is 0 Å². The predicted octanol–water partition coefficient (Wildman–Crippen LogP) is 5.47. The lowest BCUT2D eigenvalue weighted by Crippen LogP contribution is -2.18. The van der Waals surface area contributed by atoms with Crippen LogP contribution in [0, 0.1) is 17.6 Å². The van der Waals surface area contributed by atoms with Crippen molar-refractivity contribution in [3.05, 3.63) is 64.7 Å². The van der Waals surface area contributed by atoms with Gasteiger partial charge in [-0.05, 0) is 17.5 Å². The van der Waals surface area contributed by atoms with Crippen LogP contribution in [0.3, 0.4) is 0 Å². The van der Waals surface area contributed by atoms with Crippen molar-refractivity contribution in [1.82, 2.24) is 0 Å². The van der Waals surface area contributed by atoms with Crippen LogP contribution in [0.2, 0.25) is 5.02 Å². The molecule has 1 atom stereocenters. The van der Waals surface area contributed by atoms with Crippen LogP contribution in [0.25, 0.3) is 0 Å². The Bertz CT molecular complexity index is 576. The predicted molar refractivity (Wildman–Crippen MR) is 83.9 cm³/mol. The van der Waals surface area contributed by atoms with Gasteiger partial charge in [0.2, 0.25) is 0 Å². The molecular weight excluding hydrogens is 292 g/mol. The van der Waals surface area contributed by atoms with Crippen molar-refractivity contribution in [2.75, 3.05) is 11.9 Å². The molecule has 0 heterocycles. The fourth-order valence-electron chi connectivity index (χ4n) is 2.36. The molecule has 2 aromatic rings. The standard InChI is InChI=1S/C17H18ClF2N/c1-11(2)14(12-6-4-3-5-7-12)10-21-17-15(18)8-13(19)9-16(17)20/h3-9,11,14,21H,10H2,1-2H3. The lowest BCUT2D eigenvalue weighted by Gasteiger charge is -2.23. The fourth-order valence-corrected chi connectivity index (χ4v) is 2.62. The van der Waals surface area contributed by atoms with Crippen molar-refractivity contribution < 1.29 is 8.78 Å². The van der Waals surface area contributed by atoms with Gasteiger partial charge in [0.25, 0.3) is 0 Å². The molecular formula is C17H18ClF2N. The second-order valence-electron chi connectivity index (χ2n) is 5.39. The van der Waals surface area contributed by atoms with E-state index in [9.17, 15) is 8.78 Å². The van der Waals surface area contributed by atoms with E-state index in [1.165, 1.54) is 5.56 Å². The highest BCUT2D eigenvalue weighted by Gasteiger charge is 2.17. The maximum Gasteiger partial charge on any atom is 0.150 e. The first-order valence-electron chi connectivity index (χ1n) is 6.92. The first-order valence-corrected chi connectivity index (χ1v) is 7.30. The molecule has 21 heavy (non-hydrogen) atoms. The van der Waals surface area contributed by atoms with Gasteiger partial charge in [-0.1, -0.05) is 55.8 Å². The highest BCUT2D eigenvalue weighted by atomic mass is 35.5. The molecule has 0 aliphatic heterocycles. The van der Waals surface area contributed by atoms with Crippen molar-refractivity contribution in [2.45, 2.75) is 19.8 Å². The summed E-state index contributed by atoms with van der Waals surface area (Å²) >= 11 is 5.90. The van der Waals surface area contributed by atoms with Crippen molar-refractivity contribution in [1.29, 1.82) is 0 Å². The summed E-state index contributed by atoms with van der Waals surface area (Å²) in [6, 6.07) is 12.0. The van der Waals surface area contributed by atoms with Crippen LogP contribution < -0.4 is 5.32 Å². The third kappa shape index (κ3) is 3.94. The summed E-state index contributed by atoms with van der Waals surface area (Å²) in [6.45, 7) is 4.76. The molecule has 0 radical (unpaired) electrons. The Morgan fingerprint density at radius 2 is 1.76 bits per heavy atom. The van der Waals surface area contributed by atoms with Gasteiger partial charge < -0.3 is 5.32 Å². The van der Waals surface area contributed by atoms with E-state index in [2.05, 4.69) is 31.3 Å². The van der Waals surface area contributed by atoms with Gasteiger partial charge in [-0.15, -0.1) is 0 Å². The number of halogens is 3. The SMILES string of the molecule is CC(C)C(CNc1c(F)cc(F)cc1Cl)c1ccccc1. The monoisotopic (exact) mass is 309 g/mol.